The molecule has 0 spiro atoms. The lowest BCUT2D eigenvalue weighted by Gasteiger charge is -2.02. The summed E-state index contributed by atoms with van der Waals surface area (Å²) in [6.45, 7) is 6.66. The molecular weight excluding hydrogens is 372 g/mol. The van der Waals surface area contributed by atoms with Crippen LogP contribution in [0.15, 0.2) is 18.2 Å². The molecule has 2 aromatic heterocycles. The van der Waals surface area contributed by atoms with Gasteiger partial charge in [0.05, 0.1) is 5.69 Å². The molecule has 0 fully saturated rings. The number of halogens is 2. The van der Waals surface area contributed by atoms with E-state index in [0.29, 0.717) is 38.9 Å². The van der Waals surface area contributed by atoms with Crippen molar-refractivity contribution >= 4 is 28.2 Å². The number of aromatic nitrogens is 2. The van der Waals surface area contributed by atoms with Gasteiger partial charge in [0.15, 0.2) is 22.5 Å². The lowest BCUT2D eigenvalue weighted by atomic mass is 10.1. The fraction of sp³-hybridized carbons (Fsp3) is 0.211. The number of aryl methyl sites for hydroxylation is 2. The van der Waals surface area contributed by atoms with Crippen LogP contribution >= 0.6 is 11.3 Å². The third kappa shape index (κ3) is 3.52. The van der Waals surface area contributed by atoms with Crippen LogP contribution in [0.4, 0.5) is 13.9 Å². The highest BCUT2D eigenvalue weighted by Gasteiger charge is 2.21. The fourth-order valence-electron chi connectivity index (χ4n) is 3.03. The van der Waals surface area contributed by atoms with Crippen LogP contribution in [0.1, 0.15) is 43.9 Å². The van der Waals surface area contributed by atoms with Crippen molar-refractivity contribution in [3.63, 3.8) is 0 Å². The summed E-state index contributed by atoms with van der Waals surface area (Å²) in [6.07, 6.45) is 0. The van der Waals surface area contributed by atoms with Crippen LogP contribution < -0.4 is 5.32 Å². The molecule has 27 heavy (non-hydrogen) atoms. The summed E-state index contributed by atoms with van der Waals surface area (Å²) in [4.78, 5) is 32.3. The summed E-state index contributed by atoms with van der Waals surface area (Å²) in [5.74, 6) is -2.43. The maximum Gasteiger partial charge on any atom is 0.274 e. The smallest absolute Gasteiger partial charge is 0.274 e. The topological polar surface area (TPSA) is 74.8 Å². The molecule has 8 heteroatoms. The summed E-state index contributed by atoms with van der Waals surface area (Å²) in [5.41, 5.74) is 2.89. The van der Waals surface area contributed by atoms with Gasteiger partial charge in [-0.2, -0.15) is 0 Å². The Labute approximate surface area is 158 Å². The molecule has 0 atom stereocenters. The highest BCUT2D eigenvalue weighted by Crippen LogP contribution is 2.31. The van der Waals surface area contributed by atoms with Gasteiger partial charge >= 0.3 is 0 Å². The number of benzene rings is 1. The van der Waals surface area contributed by atoms with E-state index in [1.165, 1.54) is 24.3 Å². The second-order valence-corrected chi connectivity index (χ2v) is 7.39. The molecule has 3 aromatic rings. The number of aromatic amines is 1. The molecule has 3 rings (SSSR count). The van der Waals surface area contributed by atoms with Crippen LogP contribution in [0.2, 0.25) is 0 Å². The van der Waals surface area contributed by atoms with Crippen LogP contribution in [-0.2, 0) is 0 Å². The summed E-state index contributed by atoms with van der Waals surface area (Å²) in [6, 6.07) is 3.54. The summed E-state index contributed by atoms with van der Waals surface area (Å²) < 4.78 is 26.6. The molecule has 0 unspecified atom stereocenters. The van der Waals surface area contributed by atoms with Gasteiger partial charge in [-0.25, -0.2) is 13.8 Å². The first-order valence-electron chi connectivity index (χ1n) is 8.13. The van der Waals surface area contributed by atoms with Gasteiger partial charge in [0.25, 0.3) is 5.91 Å². The van der Waals surface area contributed by atoms with Gasteiger partial charge in [0, 0.05) is 21.7 Å². The minimum Gasteiger partial charge on any atom is -0.354 e. The zero-order chi connectivity index (χ0) is 19.9. The number of nitrogens with one attached hydrogen (secondary N) is 2. The molecule has 0 saturated carbocycles. The molecule has 1 aromatic carbocycles. The molecule has 0 bridgehead atoms. The minimum absolute atomic E-state index is 0.119. The van der Waals surface area contributed by atoms with Gasteiger partial charge in [0.2, 0.25) is 0 Å². The number of anilines is 1. The average molecular weight is 389 g/mol. The second kappa shape index (κ2) is 7.03. The van der Waals surface area contributed by atoms with Crippen molar-refractivity contribution in [1.82, 2.24) is 9.97 Å². The van der Waals surface area contributed by atoms with Crippen LogP contribution in [0, 0.1) is 32.4 Å². The van der Waals surface area contributed by atoms with Gasteiger partial charge < -0.3 is 4.98 Å². The van der Waals surface area contributed by atoms with Gasteiger partial charge in [-0.15, -0.1) is 11.3 Å². The Hall–Kier alpha value is -2.87. The van der Waals surface area contributed by atoms with Crippen molar-refractivity contribution in [1.29, 1.82) is 0 Å². The predicted octanol–water partition coefficient (Wildman–Crippen LogP) is 4.80. The lowest BCUT2D eigenvalue weighted by molar-refractivity contribution is 0.101. The van der Waals surface area contributed by atoms with E-state index in [2.05, 4.69) is 15.3 Å². The van der Waals surface area contributed by atoms with E-state index in [-0.39, 0.29) is 5.78 Å². The number of carbonyl (C=O) groups is 2. The maximum atomic E-state index is 13.5. The summed E-state index contributed by atoms with van der Waals surface area (Å²) in [7, 11) is 0. The number of amides is 1. The van der Waals surface area contributed by atoms with Crippen LogP contribution in [0.25, 0.3) is 11.3 Å². The first-order valence-corrected chi connectivity index (χ1v) is 8.95. The Morgan fingerprint density at radius 3 is 2.44 bits per heavy atom. The van der Waals surface area contributed by atoms with Gasteiger partial charge in [-0.3, -0.25) is 14.9 Å². The van der Waals surface area contributed by atoms with Crippen LogP contribution in [-0.4, -0.2) is 21.7 Å². The largest absolute Gasteiger partial charge is 0.354 e. The standard InChI is InChI=1S/C19H17F2N3O2S/c1-8-15(10(3)25)9(2)22-16(8)18(26)24-19-23-17(11(4)27-19)12-5-6-13(20)14(21)7-12/h5-7,22H,1-4H3,(H,23,24,26). The molecular formula is C19H17F2N3O2S. The van der Waals surface area contributed by atoms with E-state index in [0.717, 1.165) is 17.0 Å². The number of rotatable bonds is 4. The first kappa shape index (κ1) is 18.9. The normalized spacial score (nSPS) is 10.9. The first-order chi connectivity index (χ1) is 12.7. The molecule has 5 nitrogen and oxygen atoms in total. The molecule has 0 radical (unpaired) electrons. The number of ketones is 1. The monoisotopic (exact) mass is 389 g/mol. The number of Topliss-reactive ketones (excluding diaryl/α,β-unsaturated/α-hetero) is 1. The molecule has 0 aliphatic rings. The Bertz CT molecular complexity index is 1070. The Kier molecular flexibility index (Phi) is 4.93. The zero-order valence-corrected chi connectivity index (χ0v) is 16.0. The van der Waals surface area contributed by atoms with Crippen molar-refractivity contribution < 1.29 is 18.4 Å². The third-order valence-corrected chi connectivity index (χ3v) is 5.11. The van der Waals surface area contributed by atoms with Gasteiger partial charge in [-0.05, 0) is 51.5 Å². The molecule has 140 valence electrons. The molecule has 2 heterocycles. The highest BCUT2D eigenvalue weighted by atomic mass is 32.1. The second-order valence-electron chi connectivity index (χ2n) is 6.19. The molecule has 0 aliphatic heterocycles. The van der Waals surface area contributed by atoms with E-state index >= 15 is 0 Å². The van der Waals surface area contributed by atoms with E-state index in [9.17, 15) is 18.4 Å². The predicted molar refractivity (Wildman–Crippen MR) is 100 cm³/mol. The quantitative estimate of drug-likeness (QED) is 0.630. The lowest BCUT2D eigenvalue weighted by Crippen LogP contribution is -2.13. The van der Waals surface area contributed by atoms with E-state index in [1.54, 1.807) is 20.8 Å². The van der Waals surface area contributed by atoms with Gasteiger partial charge in [-0.1, -0.05) is 0 Å². The highest BCUT2D eigenvalue weighted by molar-refractivity contribution is 7.16. The number of nitrogens with zero attached hydrogens (tertiary/aromatic N) is 1. The number of thiazole rings is 1. The average Bonchev–Trinajstić information content (AvgIpc) is 3.09. The van der Waals surface area contributed by atoms with Gasteiger partial charge in [0.1, 0.15) is 5.69 Å². The maximum absolute atomic E-state index is 13.5. The summed E-state index contributed by atoms with van der Waals surface area (Å²) >= 11 is 1.23. The molecule has 1 amide bonds. The molecule has 2 N–H and O–H groups in total. The Morgan fingerprint density at radius 1 is 1.15 bits per heavy atom. The number of H-pyrrole nitrogens is 1. The number of hydrogen-bond donors (Lipinski definition) is 2. The van der Waals surface area contributed by atoms with Crippen molar-refractivity contribution in [2.24, 2.45) is 0 Å². The van der Waals surface area contributed by atoms with Crippen molar-refractivity contribution in [3.05, 3.63) is 57.2 Å². The third-order valence-electron chi connectivity index (χ3n) is 4.23. The zero-order valence-electron chi connectivity index (χ0n) is 15.2. The SMILES string of the molecule is CC(=O)c1c(C)[nH]c(C(=O)Nc2nc(-c3ccc(F)c(F)c3)c(C)s2)c1C. The number of carbonyl (C=O) groups excluding carboxylic acids is 2. The molecule has 0 aliphatic carbocycles. The molecule has 0 saturated heterocycles. The van der Waals surface area contributed by atoms with Crippen molar-refractivity contribution in [2.75, 3.05) is 5.32 Å². The van der Waals surface area contributed by atoms with Crippen LogP contribution in [0.3, 0.4) is 0 Å². The fourth-order valence-corrected chi connectivity index (χ4v) is 3.86. The minimum atomic E-state index is -0.959. The van der Waals surface area contributed by atoms with E-state index in [4.69, 9.17) is 0 Å². The number of hydrogen-bond acceptors (Lipinski definition) is 4. The van der Waals surface area contributed by atoms with Crippen molar-refractivity contribution in [2.45, 2.75) is 27.7 Å². The summed E-state index contributed by atoms with van der Waals surface area (Å²) in [5, 5.41) is 3.02. The van der Waals surface area contributed by atoms with Crippen LogP contribution in [0.5, 0.6) is 0 Å². The Balaban J connectivity index is 1.89. The van der Waals surface area contributed by atoms with E-state index < -0.39 is 17.5 Å². The van der Waals surface area contributed by atoms with E-state index in [1.807, 2.05) is 0 Å². The Morgan fingerprint density at radius 2 is 1.85 bits per heavy atom. The van der Waals surface area contributed by atoms with Crippen molar-refractivity contribution in [3.8, 4) is 11.3 Å².